The molecule has 0 spiro atoms. The first kappa shape index (κ1) is 16.3. The molecule has 1 saturated carbocycles. The van der Waals surface area contributed by atoms with Crippen LogP contribution >= 0.6 is 0 Å². The Morgan fingerprint density at radius 1 is 1.24 bits per heavy atom. The van der Waals surface area contributed by atoms with Gasteiger partial charge in [0.2, 0.25) is 0 Å². The molecule has 0 heterocycles. The number of hydrogen-bond donors (Lipinski definition) is 1. The molecule has 2 rings (SSSR count). The van der Waals surface area contributed by atoms with Gasteiger partial charge in [-0.05, 0) is 32.4 Å². The molecule has 0 aromatic heterocycles. The number of aryl methyl sites for hydroxylation is 1. The van der Waals surface area contributed by atoms with Gasteiger partial charge >= 0.3 is 0 Å². The molecule has 1 aliphatic rings. The number of nitrogens with one attached hydrogen (secondary N) is 1. The third-order valence-electron chi connectivity index (χ3n) is 4.26. The van der Waals surface area contributed by atoms with Gasteiger partial charge in [-0.1, -0.05) is 43.9 Å². The summed E-state index contributed by atoms with van der Waals surface area (Å²) < 4.78 is 11.7. The fourth-order valence-electron chi connectivity index (χ4n) is 3.10. The van der Waals surface area contributed by atoms with Gasteiger partial charge in [-0.15, -0.1) is 0 Å². The lowest BCUT2D eigenvalue weighted by Gasteiger charge is -2.26. The first-order chi connectivity index (χ1) is 10.2. The van der Waals surface area contributed by atoms with Crippen molar-refractivity contribution in [3.05, 3.63) is 29.3 Å². The molecule has 1 fully saturated rings. The van der Waals surface area contributed by atoms with E-state index in [0.717, 1.165) is 18.9 Å². The maximum absolute atomic E-state index is 6.17. The van der Waals surface area contributed by atoms with Crippen LogP contribution in [0.1, 0.15) is 56.2 Å². The van der Waals surface area contributed by atoms with Crippen LogP contribution in [0, 0.1) is 6.92 Å². The van der Waals surface area contributed by atoms with Crippen LogP contribution in [0.4, 0.5) is 0 Å². The zero-order valence-corrected chi connectivity index (χ0v) is 13.7. The molecule has 1 aromatic rings. The summed E-state index contributed by atoms with van der Waals surface area (Å²) in [6.45, 7) is 5.90. The second-order valence-electron chi connectivity index (χ2n) is 5.95. The van der Waals surface area contributed by atoms with Crippen molar-refractivity contribution in [2.75, 3.05) is 20.3 Å². The molecular weight excluding hydrogens is 262 g/mol. The fourth-order valence-corrected chi connectivity index (χ4v) is 3.10. The summed E-state index contributed by atoms with van der Waals surface area (Å²) in [4.78, 5) is 0. The van der Waals surface area contributed by atoms with Gasteiger partial charge in [0.25, 0.3) is 0 Å². The Hall–Kier alpha value is -1.06. The summed E-state index contributed by atoms with van der Waals surface area (Å²) in [6, 6.07) is 6.55. The van der Waals surface area contributed by atoms with E-state index in [2.05, 4.69) is 37.4 Å². The van der Waals surface area contributed by atoms with Crippen LogP contribution in [0.2, 0.25) is 0 Å². The highest BCUT2D eigenvalue weighted by Gasteiger charge is 2.19. The van der Waals surface area contributed by atoms with E-state index in [4.69, 9.17) is 9.47 Å². The van der Waals surface area contributed by atoms with Gasteiger partial charge in [0.05, 0.1) is 25.9 Å². The van der Waals surface area contributed by atoms with Crippen LogP contribution in [-0.2, 0) is 4.74 Å². The van der Waals surface area contributed by atoms with Crippen molar-refractivity contribution in [2.24, 2.45) is 0 Å². The number of rotatable bonds is 7. The Kier molecular flexibility index (Phi) is 6.52. The Morgan fingerprint density at radius 2 is 2.00 bits per heavy atom. The average molecular weight is 291 g/mol. The highest BCUT2D eigenvalue weighted by Crippen LogP contribution is 2.28. The largest absolute Gasteiger partial charge is 0.496 e. The van der Waals surface area contributed by atoms with Crippen molar-refractivity contribution in [3.63, 3.8) is 0 Å². The van der Waals surface area contributed by atoms with Gasteiger partial charge in [0.1, 0.15) is 5.75 Å². The van der Waals surface area contributed by atoms with E-state index in [9.17, 15) is 0 Å². The van der Waals surface area contributed by atoms with Crippen LogP contribution in [0.15, 0.2) is 18.2 Å². The lowest BCUT2D eigenvalue weighted by atomic mass is 9.97. The predicted molar refractivity (Wildman–Crippen MR) is 87.0 cm³/mol. The molecule has 3 heteroatoms. The molecule has 3 nitrogen and oxygen atoms in total. The topological polar surface area (TPSA) is 30.5 Å². The first-order valence-electron chi connectivity index (χ1n) is 8.24. The summed E-state index contributed by atoms with van der Waals surface area (Å²) in [5, 5.41) is 3.54. The van der Waals surface area contributed by atoms with Gasteiger partial charge in [-0.25, -0.2) is 0 Å². The normalized spacial score (nSPS) is 17.7. The molecule has 1 atom stereocenters. The monoisotopic (exact) mass is 291 g/mol. The third-order valence-corrected chi connectivity index (χ3v) is 4.26. The molecule has 1 N–H and O–H groups in total. The first-order valence-corrected chi connectivity index (χ1v) is 8.24. The predicted octanol–water partition coefficient (Wildman–Crippen LogP) is 4.00. The third kappa shape index (κ3) is 4.72. The minimum absolute atomic E-state index is 0.201. The van der Waals surface area contributed by atoms with Crippen molar-refractivity contribution in [1.82, 2.24) is 5.32 Å². The molecule has 0 aliphatic heterocycles. The standard InChI is InChI=1S/C18H29NO2/c1-4-19-17(13-21-15-8-6-5-7-9-15)16-12-14(2)10-11-18(16)20-3/h10-12,15,17,19H,4-9,13H2,1-3H3. The lowest BCUT2D eigenvalue weighted by molar-refractivity contribution is 0.0154. The number of ether oxygens (including phenoxy) is 2. The Morgan fingerprint density at radius 3 is 2.67 bits per heavy atom. The molecule has 118 valence electrons. The van der Waals surface area contributed by atoms with Crippen LogP contribution in [0.25, 0.3) is 0 Å². The van der Waals surface area contributed by atoms with E-state index in [-0.39, 0.29) is 6.04 Å². The number of methoxy groups -OCH3 is 1. The van der Waals surface area contributed by atoms with Crippen molar-refractivity contribution < 1.29 is 9.47 Å². The van der Waals surface area contributed by atoms with E-state index >= 15 is 0 Å². The second kappa shape index (κ2) is 8.40. The number of likely N-dealkylation sites (N-methyl/N-ethyl adjacent to an activating group) is 1. The van der Waals surface area contributed by atoms with Crippen molar-refractivity contribution in [1.29, 1.82) is 0 Å². The summed E-state index contributed by atoms with van der Waals surface area (Å²) in [5.74, 6) is 0.943. The SMILES string of the molecule is CCNC(COC1CCCCC1)c1cc(C)ccc1OC. The fraction of sp³-hybridized carbons (Fsp3) is 0.667. The molecule has 1 aromatic carbocycles. The van der Waals surface area contributed by atoms with Crippen molar-refractivity contribution >= 4 is 0 Å². The summed E-state index contributed by atoms with van der Waals surface area (Å²) in [5.41, 5.74) is 2.46. The van der Waals surface area contributed by atoms with E-state index in [0.29, 0.717) is 6.10 Å². The van der Waals surface area contributed by atoms with Crippen LogP contribution in [0.3, 0.4) is 0 Å². The minimum Gasteiger partial charge on any atom is -0.496 e. The highest BCUT2D eigenvalue weighted by molar-refractivity contribution is 5.39. The summed E-state index contributed by atoms with van der Waals surface area (Å²) >= 11 is 0. The van der Waals surface area contributed by atoms with E-state index in [1.807, 2.05) is 0 Å². The van der Waals surface area contributed by atoms with Crippen LogP contribution in [0.5, 0.6) is 5.75 Å². The number of hydrogen-bond acceptors (Lipinski definition) is 3. The molecule has 0 bridgehead atoms. The number of benzene rings is 1. The Balaban J connectivity index is 2.05. The van der Waals surface area contributed by atoms with Gasteiger partial charge in [0, 0.05) is 5.56 Å². The molecular formula is C18H29NO2. The molecule has 21 heavy (non-hydrogen) atoms. The molecule has 1 aliphatic carbocycles. The quantitative estimate of drug-likeness (QED) is 0.823. The zero-order valence-electron chi connectivity index (χ0n) is 13.7. The van der Waals surface area contributed by atoms with Crippen LogP contribution in [-0.4, -0.2) is 26.4 Å². The summed E-state index contributed by atoms with van der Waals surface area (Å²) in [6.07, 6.45) is 6.85. The van der Waals surface area contributed by atoms with Gasteiger partial charge < -0.3 is 14.8 Å². The smallest absolute Gasteiger partial charge is 0.123 e. The van der Waals surface area contributed by atoms with Gasteiger partial charge in [0.15, 0.2) is 0 Å². The Bertz CT molecular complexity index is 427. The highest BCUT2D eigenvalue weighted by atomic mass is 16.5. The molecule has 0 amide bonds. The average Bonchev–Trinajstić information content (AvgIpc) is 2.52. The molecule has 0 saturated heterocycles. The molecule has 1 unspecified atom stereocenters. The maximum atomic E-state index is 6.17. The Labute approximate surface area is 129 Å². The molecule has 0 radical (unpaired) electrons. The summed E-state index contributed by atoms with van der Waals surface area (Å²) in [7, 11) is 1.74. The van der Waals surface area contributed by atoms with Gasteiger partial charge in [-0.3, -0.25) is 0 Å². The zero-order chi connectivity index (χ0) is 15.1. The van der Waals surface area contributed by atoms with Crippen LogP contribution < -0.4 is 10.1 Å². The second-order valence-corrected chi connectivity index (χ2v) is 5.95. The van der Waals surface area contributed by atoms with Crippen molar-refractivity contribution in [3.8, 4) is 5.75 Å². The lowest BCUT2D eigenvalue weighted by Crippen LogP contribution is -2.29. The van der Waals surface area contributed by atoms with E-state index in [1.165, 1.54) is 43.2 Å². The van der Waals surface area contributed by atoms with E-state index in [1.54, 1.807) is 7.11 Å². The van der Waals surface area contributed by atoms with Gasteiger partial charge in [-0.2, -0.15) is 0 Å². The van der Waals surface area contributed by atoms with Crippen molar-refractivity contribution in [2.45, 2.75) is 58.1 Å². The maximum Gasteiger partial charge on any atom is 0.123 e. The minimum atomic E-state index is 0.201. The van der Waals surface area contributed by atoms with E-state index < -0.39 is 0 Å².